The van der Waals surface area contributed by atoms with Crippen LogP contribution in [0.4, 0.5) is 0 Å². The molecule has 0 fully saturated rings. The average Bonchev–Trinajstić information content (AvgIpc) is 1.66. The first-order valence-electron chi connectivity index (χ1n) is 2.55. The van der Waals surface area contributed by atoms with Crippen molar-refractivity contribution in [3.05, 3.63) is 24.8 Å². The minimum absolute atomic E-state index is 0.361. The summed E-state index contributed by atoms with van der Waals surface area (Å²) in [5.74, 6) is 0. The molecule has 0 heterocycles. The molecule has 0 unspecified atom stereocenters. The summed E-state index contributed by atoms with van der Waals surface area (Å²) in [6.07, 6.45) is 5.58. The number of allylic oxidation sites excluding steroid dienone is 3. The fraction of sp³-hybridized carbons (Fsp3) is 0.286. The Morgan fingerprint density at radius 3 is 2.00 bits per heavy atom. The molecule has 0 spiro atoms. The molecule has 0 radical (unpaired) electrons. The predicted octanol–water partition coefficient (Wildman–Crippen LogP) is 2.52. The summed E-state index contributed by atoms with van der Waals surface area (Å²) in [7, 11) is 0. The van der Waals surface area contributed by atoms with E-state index in [0.29, 0.717) is 0 Å². The van der Waals surface area contributed by atoms with Crippen molar-refractivity contribution < 1.29 is 4.79 Å². The van der Waals surface area contributed by atoms with Crippen molar-refractivity contribution in [2.24, 2.45) is 0 Å². The minimum Gasteiger partial charge on any atom is -0.282 e. The highest BCUT2D eigenvalue weighted by Gasteiger charge is 1.67. The van der Waals surface area contributed by atoms with Crippen LogP contribution in [-0.4, -0.2) is 5.24 Å². The maximum atomic E-state index is 9.21. The van der Waals surface area contributed by atoms with Crippen LogP contribution >= 0.6 is 11.6 Å². The van der Waals surface area contributed by atoms with Gasteiger partial charge in [0.25, 0.3) is 0 Å². The molecule has 0 aliphatic heterocycles. The monoisotopic (exact) mass is 146 g/mol. The van der Waals surface area contributed by atoms with E-state index in [9.17, 15) is 4.79 Å². The van der Waals surface area contributed by atoms with E-state index in [0.717, 1.165) is 0 Å². The lowest BCUT2D eigenvalue weighted by atomic mass is 10.5. The van der Waals surface area contributed by atoms with Gasteiger partial charge in [0.2, 0.25) is 5.24 Å². The van der Waals surface area contributed by atoms with Gasteiger partial charge in [-0.15, -0.1) is 0 Å². The molecular formula is C7H11ClO. The lowest BCUT2D eigenvalue weighted by molar-refractivity contribution is -0.109. The highest BCUT2D eigenvalue weighted by molar-refractivity contribution is 6.62. The molecule has 0 aromatic carbocycles. The van der Waals surface area contributed by atoms with Crippen molar-refractivity contribution in [2.75, 3.05) is 0 Å². The van der Waals surface area contributed by atoms with Crippen LogP contribution in [-0.2, 0) is 4.79 Å². The van der Waals surface area contributed by atoms with E-state index in [2.05, 4.69) is 18.2 Å². The number of carbonyl (C=O) groups is 1. The second kappa shape index (κ2) is 10.4. The van der Waals surface area contributed by atoms with Gasteiger partial charge in [-0.1, -0.05) is 24.8 Å². The van der Waals surface area contributed by atoms with Crippen LogP contribution in [0.25, 0.3) is 0 Å². The van der Waals surface area contributed by atoms with Gasteiger partial charge < -0.3 is 0 Å². The first kappa shape index (κ1) is 11.3. The van der Waals surface area contributed by atoms with Gasteiger partial charge in [0, 0.05) is 6.92 Å². The Balaban J connectivity index is 0. The number of hydrogen-bond acceptors (Lipinski definition) is 1. The lowest BCUT2D eigenvalue weighted by Crippen LogP contribution is -1.62. The summed E-state index contributed by atoms with van der Waals surface area (Å²) in [5, 5.41) is -0.361. The SMILES string of the molecule is C=CC=CC.CC(=O)Cl. The van der Waals surface area contributed by atoms with Crippen molar-refractivity contribution >= 4 is 16.8 Å². The Morgan fingerprint density at radius 2 is 2.00 bits per heavy atom. The predicted molar refractivity (Wildman–Crippen MR) is 41.5 cm³/mol. The van der Waals surface area contributed by atoms with E-state index in [1.165, 1.54) is 6.92 Å². The van der Waals surface area contributed by atoms with E-state index >= 15 is 0 Å². The summed E-state index contributed by atoms with van der Waals surface area (Å²) in [6, 6.07) is 0. The van der Waals surface area contributed by atoms with Gasteiger partial charge >= 0.3 is 0 Å². The van der Waals surface area contributed by atoms with Gasteiger partial charge in [-0.05, 0) is 18.5 Å². The zero-order valence-electron chi connectivity index (χ0n) is 5.73. The van der Waals surface area contributed by atoms with Gasteiger partial charge in [-0.25, -0.2) is 0 Å². The fourth-order valence-electron chi connectivity index (χ4n) is 0.136. The number of carbonyl (C=O) groups excluding carboxylic acids is 1. The van der Waals surface area contributed by atoms with E-state index in [-0.39, 0.29) is 5.24 Å². The molecule has 52 valence electrons. The average molecular weight is 147 g/mol. The largest absolute Gasteiger partial charge is 0.282 e. The Labute approximate surface area is 61.0 Å². The van der Waals surface area contributed by atoms with Gasteiger partial charge in [0.15, 0.2) is 0 Å². The van der Waals surface area contributed by atoms with E-state index < -0.39 is 0 Å². The van der Waals surface area contributed by atoms with Crippen LogP contribution in [0.2, 0.25) is 0 Å². The third kappa shape index (κ3) is 106. The normalized spacial score (nSPS) is 7.89. The van der Waals surface area contributed by atoms with Gasteiger partial charge in [0.1, 0.15) is 0 Å². The van der Waals surface area contributed by atoms with Crippen LogP contribution in [0, 0.1) is 0 Å². The molecule has 0 N–H and O–H groups in total. The van der Waals surface area contributed by atoms with Crippen molar-refractivity contribution in [2.45, 2.75) is 13.8 Å². The van der Waals surface area contributed by atoms with Gasteiger partial charge in [-0.2, -0.15) is 0 Å². The Morgan fingerprint density at radius 1 is 1.67 bits per heavy atom. The Bertz CT molecular complexity index is 101. The summed E-state index contributed by atoms with van der Waals surface area (Å²) in [4.78, 5) is 9.21. The second-order valence-electron chi connectivity index (χ2n) is 1.23. The second-order valence-corrected chi connectivity index (χ2v) is 1.76. The quantitative estimate of drug-likeness (QED) is 0.411. The maximum Gasteiger partial charge on any atom is 0.218 e. The first-order chi connectivity index (χ1) is 4.15. The smallest absolute Gasteiger partial charge is 0.218 e. The molecule has 9 heavy (non-hydrogen) atoms. The molecule has 0 saturated heterocycles. The molecule has 0 bridgehead atoms. The summed E-state index contributed by atoms with van der Waals surface area (Å²) >= 11 is 4.64. The van der Waals surface area contributed by atoms with Crippen molar-refractivity contribution in [3.63, 3.8) is 0 Å². The standard InChI is InChI=1S/C5H8.C2H3ClO/c1-3-5-4-2;1-2(3)4/h3-5H,1H2,2H3;1H3. The fourth-order valence-corrected chi connectivity index (χ4v) is 0.136. The molecule has 0 saturated carbocycles. The molecule has 0 amide bonds. The highest BCUT2D eigenvalue weighted by atomic mass is 35.5. The molecule has 0 aromatic rings. The topological polar surface area (TPSA) is 17.1 Å². The Kier molecular flexibility index (Phi) is 13.1. The summed E-state index contributed by atoms with van der Waals surface area (Å²) in [5.41, 5.74) is 0. The summed E-state index contributed by atoms with van der Waals surface area (Å²) < 4.78 is 0. The molecule has 0 aliphatic carbocycles. The zero-order chi connectivity index (χ0) is 7.70. The molecule has 1 nitrogen and oxygen atoms in total. The molecule has 0 atom stereocenters. The van der Waals surface area contributed by atoms with E-state index in [1.54, 1.807) is 6.08 Å². The van der Waals surface area contributed by atoms with Crippen LogP contribution in [0.15, 0.2) is 24.8 Å². The van der Waals surface area contributed by atoms with Gasteiger partial charge in [-0.3, -0.25) is 4.79 Å². The lowest BCUT2D eigenvalue weighted by Gasteiger charge is -1.56. The third-order valence-electron chi connectivity index (χ3n) is 0.329. The van der Waals surface area contributed by atoms with E-state index in [4.69, 9.17) is 0 Å². The van der Waals surface area contributed by atoms with Crippen molar-refractivity contribution in [1.29, 1.82) is 0 Å². The van der Waals surface area contributed by atoms with Crippen molar-refractivity contribution in [3.8, 4) is 0 Å². The van der Waals surface area contributed by atoms with Crippen LogP contribution in [0.5, 0.6) is 0 Å². The van der Waals surface area contributed by atoms with Crippen molar-refractivity contribution in [1.82, 2.24) is 0 Å². The molecule has 0 aromatic heterocycles. The Hall–Kier alpha value is -0.560. The summed E-state index contributed by atoms with van der Waals surface area (Å²) in [6.45, 7) is 6.72. The molecule has 0 rings (SSSR count). The van der Waals surface area contributed by atoms with Crippen LogP contribution in [0.3, 0.4) is 0 Å². The number of hydrogen-bond donors (Lipinski definition) is 0. The molecule has 0 aliphatic rings. The molecule has 2 heteroatoms. The third-order valence-corrected chi connectivity index (χ3v) is 0.329. The minimum atomic E-state index is -0.361. The molecular weight excluding hydrogens is 136 g/mol. The maximum absolute atomic E-state index is 9.21. The van der Waals surface area contributed by atoms with Crippen LogP contribution < -0.4 is 0 Å². The van der Waals surface area contributed by atoms with Crippen LogP contribution in [0.1, 0.15) is 13.8 Å². The number of halogens is 1. The zero-order valence-corrected chi connectivity index (χ0v) is 6.48. The highest BCUT2D eigenvalue weighted by Crippen LogP contribution is 1.67. The first-order valence-corrected chi connectivity index (χ1v) is 2.92. The van der Waals surface area contributed by atoms with Gasteiger partial charge in [0.05, 0.1) is 0 Å². The van der Waals surface area contributed by atoms with E-state index in [1.807, 2.05) is 19.1 Å². The number of rotatable bonds is 1.